The number of aromatic nitrogens is 2. The molecule has 2 rings (SSSR count). The van der Waals surface area contributed by atoms with E-state index in [9.17, 15) is 9.18 Å². The van der Waals surface area contributed by atoms with Crippen LogP contribution in [0.1, 0.15) is 21.7 Å². The van der Waals surface area contributed by atoms with Crippen LogP contribution in [0, 0.1) is 12.7 Å². The van der Waals surface area contributed by atoms with E-state index in [0.717, 1.165) is 0 Å². The van der Waals surface area contributed by atoms with Crippen molar-refractivity contribution in [1.82, 2.24) is 9.97 Å². The zero-order valence-corrected chi connectivity index (χ0v) is 9.35. The molecule has 3 nitrogen and oxygen atoms in total. The van der Waals surface area contributed by atoms with Gasteiger partial charge in [-0.1, -0.05) is 12.1 Å². The summed E-state index contributed by atoms with van der Waals surface area (Å²) in [6.45, 7) is 1.73. The molecule has 0 atom stereocenters. The Morgan fingerprint density at radius 3 is 2.76 bits per heavy atom. The minimum absolute atomic E-state index is 0.136. The Hall–Kier alpha value is -2.10. The number of rotatable bonds is 3. The van der Waals surface area contributed by atoms with Crippen LogP contribution in [0.3, 0.4) is 0 Å². The molecule has 4 heteroatoms. The van der Waals surface area contributed by atoms with Gasteiger partial charge in [0.25, 0.3) is 0 Å². The monoisotopic (exact) mass is 230 g/mol. The van der Waals surface area contributed by atoms with Crippen molar-refractivity contribution in [3.8, 4) is 0 Å². The predicted octanol–water partition coefficient (Wildman–Crippen LogP) is 2.35. The van der Waals surface area contributed by atoms with Crippen molar-refractivity contribution in [1.29, 1.82) is 0 Å². The number of aryl methyl sites for hydroxylation is 1. The summed E-state index contributed by atoms with van der Waals surface area (Å²) in [5.74, 6) is -0.493. The van der Waals surface area contributed by atoms with Crippen molar-refractivity contribution in [2.45, 2.75) is 13.3 Å². The standard InChI is InChI=1S/C13H11FN2O/c1-9-13(16-6-5-15-9)12(17)8-10-3-2-4-11(14)7-10/h2-7H,8H2,1H3. The Kier molecular flexibility index (Phi) is 3.23. The summed E-state index contributed by atoms with van der Waals surface area (Å²) in [6.07, 6.45) is 3.15. The Morgan fingerprint density at radius 2 is 2.06 bits per heavy atom. The minimum Gasteiger partial charge on any atom is -0.292 e. The third-order valence-electron chi connectivity index (χ3n) is 2.40. The van der Waals surface area contributed by atoms with Crippen molar-refractivity contribution >= 4 is 5.78 Å². The lowest BCUT2D eigenvalue weighted by Crippen LogP contribution is -2.09. The molecule has 1 aromatic heterocycles. The predicted molar refractivity (Wildman–Crippen MR) is 61.2 cm³/mol. The minimum atomic E-state index is -0.342. The van der Waals surface area contributed by atoms with Gasteiger partial charge in [0.1, 0.15) is 11.5 Å². The fourth-order valence-corrected chi connectivity index (χ4v) is 1.60. The molecule has 1 heterocycles. The molecule has 0 aliphatic carbocycles. The highest BCUT2D eigenvalue weighted by atomic mass is 19.1. The number of nitrogens with zero attached hydrogens (tertiary/aromatic N) is 2. The molecule has 0 aliphatic heterocycles. The largest absolute Gasteiger partial charge is 0.292 e. The van der Waals surface area contributed by atoms with Crippen LogP contribution in [0.25, 0.3) is 0 Å². The Bertz CT molecular complexity index is 555. The number of carbonyl (C=O) groups is 1. The van der Waals surface area contributed by atoms with Crippen LogP contribution in [0.4, 0.5) is 4.39 Å². The molecule has 2 aromatic rings. The molecule has 0 spiro atoms. The van der Waals surface area contributed by atoms with E-state index >= 15 is 0 Å². The zero-order chi connectivity index (χ0) is 12.3. The number of ketones is 1. The topological polar surface area (TPSA) is 42.9 Å². The second kappa shape index (κ2) is 4.82. The second-order valence-electron chi connectivity index (χ2n) is 3.72. The maximum Gasteiger partial charge on any atom is 0.187 e. The number of carbonyl (C=O) groups excluding carboxylic acids is 1. The van der Waals surface area contributed by atoms with Gasteiger partial charge in [0, 0.05) is 18.8 Å². The van der Waals surface area contributed by atoms with Crippen LogP contribution < -0.4 is 0 Å². The van der Waals surface area contributed by atoms with Crippen molar-refractivity contribution in [3.63, 3.8) is 0 Å². The quantitative estimate of drug-likeness (QED) is 0.760. The molecule has 0 bridgehead atoms. The maximum atomic E-state index is 13.0. The molecule has 0 N–H and O–H groups in total. The van der Waals surface area contributed by atoms with Crippen molar-refractivity contribution in [2.24, 2.45) is 0 Å². The molecule has 0 saturated heterocycles. The fourth-order valence-electron chi connectivity index (χ4n) is 1.60. The number of benzene rings is 1. The van der Waals surface area contributed by atoms with Gasteiger partial charge in [-0.15, -0.1) is 0 Å². The molecule has 0 radical (unpaired) electrons. The van der Waals surface area contributed by atoms with E-state index in [4.69, 9.17) is 0 Å². The molecule has 86 valence electrons. The van der Waals surface area contributed by atoms with E-state index in [1.807, 2.05) is 0 Å². The first-order chi connectivity index (χ1) is 8.16. The first-order valence-corrected chi connectivity index (χ1v) is 5.22. The summed E-state index contributed by atoms with van der Waals surface area (Å²) in [7, 11) is 0. The number of hydrogen-bond donors (Lipinski definition) is 0. The first-order valence-electron chi connectivity index (χ1n) is 5.22. The normalized spacial score (nSPS) is 10.2. The van der Waals surface area contributed by atoms with E-state index in [1.165, 1.54) is 24.5 Å². The molecular formula is C13H11FN2O. The summed E-state index contributed by atoms with van der Waals surface area (Å²) in [6, 6.07) is 6.00. The third kappa shape index (κ3) is 2.72. The van der Waals surface area contributed by atoms with Crippen LogP contribution in [-0.2, 0) is 6.42 Å². The number of Topliss-reactive ketones (excluding diaryl/α,β-unsaturated/α-hetero) is 1. The van der Waals surface area contributed by atoms with E-state index in [-0.39, 0.29) is 18.0 Å². The van der Waals surface area contributed by atoms with E-state index < -0.39 is 0 Å². The van der Waals surface area contributed by atoms with E-state index in [2.05, 4.69) is 9.97 Å². The highest BCUT2D eigenvalue weighted by Gasteiger charge is 2.12. The van der Waals surface area contributed by atoms with Crippen molar-refractivity contribution in [3.05, 3.63) is 59.4 Å². The molecule has 0 amide bonds. The highest BCUT2D eigenvalue weighted by Crippen LogP contribution is 2.09. The van der Waals surface area contributed by atoms with Crippen molar-refractivity contribution < 1.29 is 9.18 Å². The maximum absolute atomic E-state index is 13.0. The van der Waals surface area contributed by atoms with Gasteiger partial charge in [-0.2, -0.15) is 0 Å². The molecule has 0 aliphatic rings. The highest BCUT2D eigenvalue weighted by molar-refractivity contribution is 5.96. The van der Waals surface area contributed by atoms with Crippen LogP contribution in [0.15, 0.2) is 36.7 Å². The Balaban J connectivity index is 2.20. The van der Waals surface area contributed by atoms with Gasteiger partial charge in [-0.05, 0) is 24.6 Å². The smallest absolute Gasteiger partial charge is 0.187 e. The van der Waals surface area contributed by atoms with Gasteiger partial charge in [0.15, 0.2) is 5.78 Å². The SMILES string of the molecule is Cc1nccnc1C(=O)Cc1cccc(F)c1. The molecule has 0 unspecified atom stereocenters. The average Bonchev–Trinajstić information content (AvgIpc) is 2.29. The van der Waals surface area contributed by atoms with Gasteiger partial charge < -0.3 is 0 Å². The summed E-state index contributed by atoms with van der Waals surface area (Å²) in [4.78, 5) is 19.9. The van der Waals surface area contributed by atoms with E-state index in [1.54, 1.807) is 19.1 Å². The Labute approximate surface area is 98.3 Å². The molecule has 17 heavy (non-hydrogen) atoms. The summed E-state index contributed by atoms with van der Waals surface area (Å²) in [5, 5.41) is 0. The van der Waals surface area contributed by atoms with Gasteiger partial charge in [0.05, 0.1) is 5.69 Å². The summed E-state index contributed by atoms with van der Waals surface area (Å²) in [5.41, 5.74) is 1.57. The van der Waals surface area contributed by atoms with Gasteiger partial charge in [-0.25, -0.2) is 9.37 Å². The molecule has 1 aromatic carbocycles. The van der Waals surface area contributed by atoms with Gasteiger partial charge in [-0.3, -0.25) is 9.78 Å². The average molecular weight is 230 g/mol. The molecule has 0 fully saturated rings. The third-order valence-corrected chi connectivity index (χ3v) is 2.40. The van der Waals surface area contributed by atoms with Crippen LogP contribution in [0.5, 0.6) is 0 Å². The van der Waals surface area contributed by atoms with E-state index in [0.29, 0.717) is 17.0 Å². The lowest BCUT2D eigenvalue weighted by molar-refractivity contribution is 0.0987. The summed E-state index contributed by atoms with van der Waals surface area (Å²) < 4.78 is 13.0. The van der Waals surface area contributed by atoms with Crippen LogP contribution >= 0.6 is 0 Å². The summed E-state index contributed by atoms with van der Waals surface area (Å²) >= 11 is 0. The first kappa shape index (κ1) is 11.4. The van der Waals surface area contributed by atoms with Crippen LogP contribution in [-0.4, -0.2) is 15.8 Å². The Morgan fingerprint density at radius 1 is 1.29 bits per heavy atom. The number of halogens is 1. The lowest BCUT2D eigenvalue weighted by Gasteiger charge is -2.03. The zero-order valence-electron chi connectivity index (χ0n) is 9.35. The molecular weight excluding hydrogens is 219 g/mol. The van der Waals surface area contributed by atoms with Crippen LogP contribution in [0.2, 0.25) is 0 Å². The van der Waals surface area contributed by atoms with Gasteiger partial charge in [0.2, 0.25) is 0 Å². The number of hydrogen-bond acceptors (Lipinski definition) is 3. The van der Waals surface area contributed by atoms with Crippen molar-refractivity contribution in [2.75, 3.05) is 0 Å². The fraction of sp³-hybridized carbons (Fsp3) is 0.154. The van der Waals surface area contributed by atoms with Gasteiger partial charge >= 0.3 is 0 Å². The molecule has 0 saturated carbocycles. The second-order valence-corrected chi connectivity index (χ2v) is 3.72. The lowest BCUT2D eigenvalue weighted by atomic mass is 10.1.